The Morgan fingerprint density at radius 1 is 1.00 bits per heavy atom. The van der Waals surface area contributed by atoms with Gasteiger partial charge >= 0.3 is 6.09 Å². The first kappa shape index (κ1) is 31.0. The van der Waals surface area contributed by atoms with Crippen LogP contribution in [0.15, 0.2) is 48.7 Å². The van der Waals surface area contributed by atoms with E-state index in [1.54, 1.807) is 10.9 Å². The first-order chi connectivity index (χ1) is 21.8. The minimum Gasteiger partial charge on any atom is -0.492 e. The maximum Gasteiger partial charge on any atom is 0.421 e. The second kappa shape index (κ2) is 13.6. The van der Waals surface area contributed by atoms with Crippen LogP contribution in [0.2, 0.25) is 0 Å². The van der Waals surface area contributed by atoms with E-state index in [1.165, 1.54) is 4.90 Å². The molecule has 0 aliphatic carbocycles. The predicted molar refractivity (Wildman–Crippen MR) is 171 cm³/mol. The van der Waals surface area contributed by atoms with Gasteiger partial charge in [-0.2, -0.15) is 10.1 Å². The summed E-state index contributed by atoms with van der Waals surface area (Å²) in [4.78, 5) is 20.3. The van der Waals surface area contributed by atoms with Crippen molar-refractivity contribution in [2.45, 2.75) is 77.4 Å². The van der Waals surface area contributed by atoms with Crippen molar-refractivity contribution in [3.05, 3.63) is 48.7 Å². The summed E-state index contributed by atoms with van der Waals surface area (Å²) < 4.78 is 27.6. The van der Waals surface area contributed by atoms with Crippen LogP contribution >= 0.6 is 0 Å². The van der Waals surface area contributed by atoms with Crippen LogP contribution < -0.4 is 15.0 Å². The molecule has 2 aliphatic heterocycles. The van der Waals surface area contributed by atoms with Gasteiger partial charge in [-0.25, -0.2) is 19.1 Å². The van der Waals surface area contributed by atoms with Crippen LogP contribution in [0.1, 0.15) is 71.8 Å². The van der Waals surface area contributed by atoms with Crippen LogP contribution in [0.5, 0.6) is 5.75 Å². The predicted octanol–water partition coefficient (Wildman–Crippen LogP) is 6.36. The second-order valence-electron chi connectivity index (χ2n) is 12.4. The van der Waals surface area contributed by atoms with E-state index in [9.17, 15) is 4.79 Å². The summed E-state index contributed by atoms with van der Waals surface area (Å²) in [6.07, 6.45) is 6.70. The van der Waals surface area contributed by atoms with Gasteiger partial charge in [-0.05, 0) is 109 Å². The van der Waals surface area contributed by atoms with E-state index in [4.69, 9.17) is 29.0 Å². The van der Waals surface area contributed by atoms with E-state index in [2.05, 4.69) is 10.4 Å². The van der Waals surface area contributed by atoms with Crippen LogP contribution in [-0.2, 0) is 14.2 Å². The summed E-state index contributed by atoms with van der Waals surface area (Å²) >= 11 is 0. The summed E-state index contributed by atoms with van der Waals surface area (Å²) in [5, 5.41) is 13.5. The molecule has 2 fully saturated rings. The highest BCUT2D eigenvalue weighted by Gasteiger charge is 2.32. The SMILES string of the molecule is CNCCOc1ccc(-c2nc(N(C(=O)OC(C)(C)C)c3ccc4c(cnn4C4CCCCO4)c3)nn2C2CCCCO2)cc1. The molecular formula is C33H43N7O5. The lowest BCUT2D eigenvalue weighted by atomic mass is 10.1. The molecule has 2 unspecified atom stereocenters. The number of fused-ring (bicyclic) bond motifs is 1. The Hall–Kier alpha value is -4.00. The monoisotopic (exact) mass is 617 g/mol. The highest BCUT2D eigenvalue weighted by molar-refractivity contribution is 5.97. The Kier molecular flexibility index (Phi) is 9.34. The number of carbonyl (C=O) groups excluding carboxylic acids is 1. The van der Waals surface area contributed by atoms with E-state index >= 15 is 0 Å². The molecule has 2 aromatic carbocycles. The molecule has 2 aromatic heterocycles. The molecule has 240 valence electrons. The second-order valence-corrected chi connectivity index (χ2v) is 12.4. The maximum absolute atomic E-state index is 13.9. The average Bonchev–Trinajstić information content (AvgIpc) is 3.67. The lowest BCUT2D eigenvalue weighted by Gasteiger charge is -2.26. The standard InChI is InChI=1S/C33H43N7O5/c1-33(2,3)45-32(41)38(25-13-16-27-24(21-25)22-35-39(27)28-9-5-7-18-43-28)31-36-30(40(37-31)29-10-6-8-19-44-29)23-11-14-26(15-12-23)42-20-17-34-4/h11-16,21-22,28-29,34H,5-10,17-20H2,1-4H3. The number of carbonyl (C=O) groups is 1. The van der Waals surface area contributed by atoms with Crippen molar-refractivity contribution in [1.29, 1.82) is 0 Å². The molecule has 12 heteroatoms. The van der Waals surface area contributed by atoms with Crippen LogP contribution in [0.4, 0.5) is 16.4 Å². The van der Waals surface area contributed by atoms with Crippen molar-refractivity contribution in [2.75, 3.05) is 38.3 Å². The molecule has 4 aromatic rings. The highest BCUT2D eigenvalue weighted by Crippen LogP contribution is 2.35. The molecule has 0 spiro atoms. The summed E-state index contributed by atoms with van der Waals surface area (Å²) in [5.74, 6) is 1.55. The number of rotatable bonds is 9. The molecular weight excluding hydrogens is 574 g/mol. The number of hydrogen-bond acceptors (Lipinski definition) is 9. The first-order valence-electron chi connectivity index (χ1n) is 15.9. The minimum absolute atomic E-state index is 0.0976. The molecule has 4 heterocycles. The molecule has 12 nitrogen and oxygen atoms in total. The first-order valence-corrected chi connectivity index (χ1v) is 15.9. The van der Waals surface area contributed by atoms with Crippen LogP contribution in [-0.4, -0.2) is 69.7 Å². The normalized spacial score (nSPS) is 19.0. The van der Waals surface area contributed by atoms with Gasteiger partial charge in [-0.3, -0.25) is 0 Å². The highest BCUT2D eigenvalue weighted by atomic mass is 16.6. The van der Waals surface area contributed by atoms with Crippen molar-refractivity contribution in [3.8, 4) is 17.1 Å². The van der Waals surface area contributed by atoms with E-state index in [0.29, 0.717) is 24.7 Å². The van der Waals surface area contributed by atoms with Gasteiger partial charge < -0.3 is 24.3 Å². The average molecular weight is 618 g/mol. The number of aromatic nitrogens is 5. The van der Waals surface area contributed by atoms with Gasteiger partial charge in [0.2, 0.25) is 0 Å². The third kappa shape index (κ3) is 7.13. The topological polar surface area (TPSA) is 118 Å². The van der Waals surface area contributed by atoms with Gasteiger partial charge in [0.05, 0.1) is 17.4 Å². The Bertz CT molecular complexity index is 1580. The number of benzene rings is 2. The van der Waals surface area contributed by atoms with Crippen molar-refractivity contribution in [2.24, 2.45) is 0 Å². The molecule has 0 saturated carbocycles. The van der Waals surface area contributed by atoms with Crippen molar-refractivity contribution in [1.82, 2.24) is 29.9 Å². The van der Waals surface area contributed by atoms with E-state index in [-0.39, 0.29) is 18.4 Å². The third-order valence-electron chi connectivity index (χ3n) is 7.82. The van der Waals surface area contributed by atoms with Crippen LogP contribution in [0, 0.1) is 0 Å². The minimum atomic E-state index is -0.732. The maximum atomic E-state index is 13.9. The zero-order valence-corrected chi connectivity index (χ0v) is 26.6. The van der Waals surface area contributed by atoms with E-state index in [0.717, 1.165) is 73.9 Å². The molecule has 6 rings (SSSR count). The van der Waals surface area contributed by atoms with Crippen molar-refractivity contribution >= 4 is 28.6 Å². The number of nitrogens with zero attached hydrogens (tertiary/aromatic N) is 6. The molecule has 45 heavy (non-hydrogen) atoms. The summed E-state index contributed by atoms with van der Waals surface area (Å²) in [6.45, 7) is 8.20. The third-order valence-corrected chi connectivity index (χ3v) is 7.82. The van der Waals surface area contributed by atoms with Gasteiger partial charge in [0.1, 0.15) is 18.0 Å². The van der Waals surface area contributed by atoms with Gasteiger partial charge in [-0.15, -0.1) is 5.10 Å². The molecule has 0 radical (unpaired) electrons. The van der Waals surface area contributed by atoms with Gasteiger partial charge in [0.15, 0.2) is 18.3 Å². The number of anilines is 2. The lowest BCUT2D eigenvalue weighted by Crippen LogP contribution is -2.34. The summed E-state index contributed by atoms with van der Waals surface area (Å²) in [5.41, 5.74) is 1.60. The Labute approximate surface area is 263 Å². The molecule has 0 bridgehead atoms. The fourth-order valence-electron chi connectivity index (χ4n) is 5.63. The zero-order chi connectivity index (χ0) is 31.4. The zero-order valence-electron chi connectivity index (χ0n) is 26.6. The van der Waals surface area contributed by atoms with E-state index < -0.39 is 11.7 Å². The van der Waals surface area contributed by atoms with Crippen LogP contribution in [0.25, 0.3) is 22.3 Å². The lowest BCUT2D eigenvalue weighted by molar-refractivity contribution is -0.0384. The van der Waals surface area contributed by atoms with Gasteiger partial charge in [0, 0.05) is 30.7 Å². The molecule has 1 amide bonds. The summed E-state index contributed by atoms with van der Waals surface area (Å²) in [7, 11) is 1.89. The fraction of sp³-hybridized carbons (Fsp3) is 0.515. The van der Waals surface area contributed by atoms with Crippen molar-refractivity contribution < 1.29 is 23.7 Å². The number of hydrogen-bond donors (Lipinski definition) is 1. The largest absolute Gasteiger partial charge is 0.492 e. The van der Waals surface area contributed by atoms with Crippen LogP contribution in [0.3, 0.4) is 0 Å². The van der Waals surface area contributed by atoms with Gasteiger partial charge in [-0.1, -0.05) is 0 Å². The Morgan fingerprint density at radius 2 is 1.71 bits per heavy atom. The van der Waals surface area contributed by atoms with E-state index in [1.807, 2.05) is 75.0 Å². The molecule has 2 aliphatic rings. The smallest absolute Gasteiger partial charge is 0.421 e. The molecule has 2 atom stereocenters. The van der Waals surface area contributed by atoms with Crippen molar-refractivity contribution in [3.63, 3.8) is 0 Å². The molecule has 1 N–H and O–H groups in total. The number of likely N-dealkylation sites (N-methyl/N-ethyl adjacent to an activating group) is 1. The Balaban J connectivity index is 1.40. The van der Waals surface area contributed by atoms with Gasteiger partial charge in [0.25, 0.3) is 5.95 Å². The summed E-state index contributed by atoms with van der Waals surface area (Å²) in [6, 6.07) is 13.5. The molecule has 2 saturated heterocycles. The number of nitrogens with one attached hydrogen (secondary N) is 1. The number of amides is 1. The number of ether oxygens (including phenoxy) is 4. The quantitative estimate of drug-likeness (QED) is 0.214. The fourth-order valence-corrected chi connectivity index (χ4v) is 5.63. The Morgan fingerprint density at radius 3 is 2.36 bits per heavy atom.